The van der Waals surface area contributed by atoms with E-state index in [0.717, 1.165) is 24.9 Å². The van der Waals surface area contributed by atoms with Crippen LogP contribution in [0.5, 0.6) is 0 Å². The lowest BCUT2D eigenvalue weighted by atomic mass is 10.0. The molecule has 2 aromatic carbocycles. The molecule has 4 heteroatoms. The van der Waals surface area contributed by atoms with Gasteiger partial charge in [-0.2, -0.15) is 0 Å². The van der Waals surface area contributed by atoms with Gasteiger partial charge in [-0.25, -0.2) is 0 Å². The van der Waals surface area contributed by atoms with Crippen molar-refractivity contribution in [1.82, 2.24) is 10.2 Å². The highest BCUT2D eigenvalue weighted by Crippen LogP contribution is 2.31. The second-order valence-corrected chi connectivity index (χ2v) is 6.82. The van der Waals surface area contributed by atoms with E-state index >= 15 is 0 Å². The zero-order valence-corrected chi connectivity index (χ0v) is 14.7. The number of carbonyl (C=O) groups is 1. The Balaban J connectivity index is 1.60. The van der Waals surface area contributed by atoms with Crippen LogP contribution >= 0.6 is 11.6 Å². The third-order valence-corrected chi connectivity index (χ3v) is 4.86. The second kappa shape index (κ2) is 7.82. The molecule has 3 nitrogen and oxygen atoms in total. The van der Waals surface area contributed by atoms with E-state index in [0.29, 0.717) is 17.6 Å². The number of halogens is 1. The minimum Gasteiger partial charge on any atom is -0.348 e. The molecule has 1 heterocycles. The third-order valence-electron chi connectivity index (χ3n) is 4.62. The van der Waals surface area contributed by atoms with Gasteiger partial charge in [-0.15, -0.1) is 0 Å². The summed E-state index contributed by atoms with van der Waals surface area (Å²) in [7, 11) is 0. The Kier molecular flexibility index (Phi) is 5.54. The summed E-state index contributed by atoms with van der Waals surface area (Å²) >= 11 is 6.03. The number of hydrogen-bond donors (Lipinski definition) is 1. The van der Waals surface area contributed by atoms with Gasteiger partial charge in [0.2, 0.25) is 5.91 Å². The van der Waals surface area contributed by atoms with Gasteiger partial charge in [-0.05, 0) is 49.6 Å². The molecule has 1 aliphatic rings. The maximum atomic E-state index is 12.5. The van der Waals surface area contributed by atoms with Crippen molar-refractivity contribution in [3.8, 4) is 0 Å². The molecule has 0 bridgehead atoms. The Hall–Kier alpha value is -1.84. The first-order valence-corrected chi connectivity index (χ1v) is 8.85. The average molecular weight is 343 g/mol. The summed E-state index contributed by atoms with van der Waals surface area (Å²) in [5.41, 5.74) is 2.32. The molecule has 3 rings (SSSR count). The van der Waals surface area contributed by atoms with E-state index in [1.54, 1.807) is 0 Å². The Morgan fingerprint density at radius 2 is 2.04 bits per heavy atom. The van der Waals surface area contributed by atoms with Gasteiger partial charge in [0.15, 0.2) is 0 Å². The van der Waals surface area contributed by atoms with E-state index in [1.807, 2.05) is 37.3 Å². The summed E-state index contributed by atoms with van der Waals surface area (Å²) in [5, 5.41) is 3.77. The first-order valence-electron chi connectivity index (χ1n) is 8.47. The summed E-state index contributed by atoms with van der Waals surface area (Å²) < 4.78 is 0. The molecular formula is C20H23ClN2O. The minimum absolute atomic E-state index is 0.0472. The molecule has 0 aliphatic carbocycles. The van der Waals surface area contributed by atoms with Crippen LogP contribution in [0.15, 0.2) is 54.6 Å². The highest BCUT2D eigenvalue weighted by atomic mass is 35.5. The van der Waals surface area contributed by atoms with Crippen molar-refractivity contribution in [2.75, 3.05) is 13.1 Å². The van der Waals surface area contributed by atoms with Crippen LogP contribution in [0.2, 0.25) is 5.02 Å². The van der Waals surface area contributed by atoms with Crippen LogP contribution in [0.4, 0.5) is 0 Å². The quantitative estimate of drug-likeness (QED) is 0.875. The van der Waals surface area contributed by atoms with Crippen LogP contribution in [0.1, 0.15) is 43.0 Å². The molecule has 126 valence electrons. The maximum absolute atomic E-state index is 12.5. The van der Waals surface area contributed by atoms with Gasteiger partial charge in [-0.3, -0.25) is 9.69 Å². The normalized spacial score (nSPS) is 19.2. The van der Waals surface area contributed by atoms with E-state index in [2.05, 4.69) is 34.5 Å². The standard InChI is InChI=1S/C20H23ClN2O/c1-15(17-9-5-10-18(21)13-17)22-20(24)14-23-12-6-11-19(23)16-7-3-2-4-8-16/h2-5,7-10,13,15,19H,6,11-12,14H2,1H3,(H,22,24). The highest BCUT2D eigenvalue weighted by molar-refractivity contribution is 6.30. The van der Waals surface area contributed by atoms with Crippen molar-refractivity contribution in [2.45, 2.75) is 31.8 Å². The summed E-state index contributed by atoms with van der Waals surface area (Å²) in [6.07, 6.45) is 2.25. The van der Waals surface area contributed by atoms with Crippen LogP contribution in [-0.2, 0) is 4.79 Å². The van der Waals surface area contributed by atoms with Crippen LogP contribution < -0.4 is 5.32 Å². The van der Waals surface area contributed by atoms with Gasteiger partial charge in [0.05, 0.1) is 12.6 Å². The van der Waals surface area contributed by atoms with Gasteiger partial charge in [-0.1, -0.05) is 54.1 Å². The number of likely N-dealkylation sites (tertiary alicyclic amines) is 1. The predicted molar refractivity (Wildman–Crippen MR) is 98.0 cm³/mol. The van der Waals surface area contributed by atoms with Gasteiger partial charge >= 0.3 is 0 Å². The monoisotopic (exact) mass is 342 g/mol. The summed E-state index contributed by atoms with van der Waals surface area (Å²) in [5.74, 6) is 0.0605. The lowest BCUT2D eigenvalue weighted by Crippen LogP contribution is -2.38. The van der Waals surface area contributed by atoms with Crippen LogP contribution in [0.25, 0.3) is 0 Å². The topological polar surface area (TPSA) is 32.3 Å². The zero-order valence-electron chi connectivity index (χ0n) is 13.9. The van der Waals surface area contributed by atoms with E-state index in [4.69, 9.17) is 11.6 Å². The Morgan fingerprint density at radius 1 is 1.25 bits per heavy atom. The number of amides is 1. The fraction of sp³-hybridized carbons (Fsp3) is 0.350. The molecule has 2 unspecified atom stereocenters. The molecular weight excluding hydrogens is 320 g/mol. The van der Waals surface area contributed by atoms with E-state index in [-0.39, 0.29) is 11.9 Å². The molecule has 1 N–H and O–H groups in total. The van der Waals surface area contributed by atoms with Crippen LogP contribution in [-0.4, -0.2) is 23.9 Å². The van der Waals surface area contributed by atoms with Crippen molar-refractivity contribution in [3.05, 3.63) is 70.7 Å². The van der Waals surface area contributed by atoms with Crippen LogP contribution in [0.3, 0.4) is 0 Å². The van der Waals surface area contributed by atoms with Gasteiger partial charge < -0.3 is 5.32 Å². The number of rotatable bonds is 5. The fourth-order valence-corrected chi connectivity index (χ4v) is 3.60. The SMILES string of the molecule is CC(NC(=O)CN1CCCC1c1ccccc1)c1cccc(Cl)c1. The number of benzene rings is 2. The molecule has 1 fully saturated rings. The number of nitrogens with zero attached hydrogens (tertiary/aromatic N) is 1. The molecule has 0 aromatic heterocycles. The second-order valence-electron chi connectivity index (χ2n) is 6.38. The summed E-state index contributed by atoms with van der Waals surface area (Å²) in [4.78, 5) is 14.7. The number of hydrogen-bond acceptors (Lipinski definition) is 2. The molecule has 2 atom stereocenters. The molecule has 1 saturated heterocycles. The largest absolute Gasteiger partial charge is 0.348 e. The first kappa shape index (κ1) is 17.0. The minimum atomic E-state index is -0.0472. The molecule has 0 saturated carbocycles. The Labute approximate surface area is 148 Å². The summed E-state index contributed by atoms with van der Waals surface area (Å²) in [6, 6.07) is 18.4. The molecule has 24 heavy (non-hydrogen) atoms. The van der Waals surface area contributed by atoms with Crippen LogP contribution in [0, 0.1) is 0 Å². The third kappa shape index (κ3) is 4.16. The molecule has 0 spiro atoms. The number of nitrogens with one attached hydrogen (secondary N) is 1. The molecule has 1 aliphatic heterocycles. The van der Waals surface area contributed by atoms with E-state index < -0.39 is 0 Å². The predicted octanol–water partition coefficient (Wildman–Crippen LogP) is 4.35. The van der Waals surface area contributed by atoms with Crippen molar-refractivity contribution < 1.29 is 4.79 Å². The van der Waals surface area contributed by atoms with Gasteiger partial charge in [0, 0.05) is 11.1 Å². The Bertz CT molecular complexity index is 689. The average Bonchev–Trinajstić information content (AvgIpc) is 3.03. The lowest BCUT2D eigenvalue weighted by Gasteiger charge is -2.25. The number of carbonyl (C=O) groups excluding carboxylic acids is 1. The molecule has 2 aromatic rings. The maximum Gasteiger partial charge on any atom is 0.234 e. The highest BCUT2D eigenvalue weighted by Gasteiger charge is 2.27. The van der Waals surface area contributed by atoms with Crippen molar-refractivity contribution >= 4 is 17.5 Å². The smallest absolute Gasteiger partial charge is 0.234 e. The van der Waals surface area contributed by atoms with Crippen molar-refractivity contribution in [1.29, 1.82) is 0 Å². The summed E-state index contributed by atoms with van der Waals surface area (Å²) in [6.45, 7) is 3.39. The van der Waals surface area contributed by atoms with Crippen molar-refractivity contribution in [2.24, 2.45) is 0 Å². The van der Waals surface area contributed by atoms with Crippen molar-refractivity contribution in [3.63, 3.8) is 0 Å². The Morgan fingerprint density at radius 3 is 2.79 bits per heavy atom. The van der Waals surface area contributed by atoms with E-state index in [1.165, 1.54) is 5.56 Å². The molecule has 1 amide bonds. The lowest BCUT2D eigenvalue weighted by molar-refractivity contribution is -0.123. The first-order chi connectivity index (χ1) is 11.6. The van der Waals surface area contributed by atoms with Gasteiger partial charge in [0.1, 0.15) is 0 Å². The molecule has 0 radical (unpaired) electrons. The van der Waals surface area contributed by atoms with Gasteiger partial charge in [0.25, 0.3) is 0 Å². The zero-order chi connectivity index (χ0) is 16.9. The van der Waals surface area contributed by atoms with E-state index in [9.17, 15) is 4.79 Å². The fourth-order valence-electron chi connectivity index (χ4n) is 3.40.